The SMILES string of the molecule is COCCNC(=O)c1cccc(CSc2nnc(-c3ccc(C)cc3)n2-c2ccccc2F)c1. The quantitative estimate of drug-likeness (QED) is 0.270. The van der Waals surface area contributed by atoms with Crippen LogP contribution in [0.3, 0.4) is 0 Å². The average Bonchev–Trinajstić information content (AvgIpc) is 3.27. The summed E-state index contributed by atoms with van der Waals surface area (Å²) in [5.74, 6) is 0.603. The van der Waals surface area contributed by atoms with E-state index in [1.807, 2.05) is 49.4 Å². The third-order valence-electron chi connectivity index (χ3n) is 5.19. The van der Waals surface area contributed by atoms with Crippen molar-refractivity contribution in [2.24, 2.45) is 0 Å². The van der Waals surface area contributed by atoms with Crippen LogP contribution in [0.2, 0.25) is 0 Å². The maximum atomic E-state index is 14.8. The van der Waals surface area contributed by atoms with Crippen molar-refractivity contribution in [3.8, 4) is 17.1 Å². The van der Waals surface area contributed by atoms with Crippen LogP contribution in [0.1, 0.15) is 21.5 Å². The molecule has 0 bridgehead atoms. The molecule has 174 valence electrons. The number of hydrogen-bond acceptors (Lipinski definition) is 5. The van der Waals surface area contributed by atoms with Crippen LogP contribution in [0.4, 0.5) is 4.39 Å². The maximum Gasteiger partial charge on any atom is 0.251 e. The summed E-state index contributed by atoms with van der Waals surface area (Å²) in [5, 5.41) is 12.1. The Bertz CT molecular complexity index is 1270. The third kappa shape index (κ3) is 5.52. The predicted molar refractivity (Wildman–Crippen MR) is 132 cm³/mol. The van der Waals surface area contributed by atoms with Crippen molar-refractivity contribution in [2.45, 2.75) is 17.8 Å². The Hall–Kier alpha value is -3.49. The van der Waals surface area contributed by atoms with Crippen LogP contribution in [0, 0.1) is 12.7 Å². The highest BCUT2D eigenvalue weighted by molar-refractivity contribution is 7.98. The Kier molecular flexibility index (Phi) is 7.72. The molecule has 0 saturated heterocycles. The van der Waals surface area contributed by atoms with Gasteiger partial charge in [-0.05, 0) is 36.8 Å². The molecule has 4 rings (SSSR count). The van der Waals surface area contributed by atoms with Crippen LogP contribution in [0.25, 0.3) is 17.1 Å². The molecule has 0 aliphatic heterocycles. The Morgan fingerprint density at radius 2 is 1.85 bits per heavy atom. The fourth-order valence-corrected chi connectivity index (χ4v) is 4.31. The van der Waals surface area contributed by atoms with E-state index in [2.05, 4.69) is 15.5 Å². The van der Waals surface area contributed by atoms with Gasteiger partial charge in [0.15, 0.2) is 11.0 Å². The van der Waals surface area contributed by atoms with Gasteiger partial charge in [0.2, 0.25) is 0 Å². The van der Waals surface area contributed by atoms with Gasteiger partial charge in [-0.1, -0.05) is 65.9 Å². The molecular formula is C26H25FN4O2S. The van der Waals surface area contributed by atoms with Crippen LogP contribution >= 0.6 is 11.8 Å². The summed E-state index contributed by atoms with van der Waals surface area (Å²) >= 11 is 1.44. The summed E-state index contributed by atoms with van der Waals surface area (Å²) in [6.45, 7) is 2.91. The molecule has 0 aliphatic rings. The van der Waals surface area contributed by atoms with Gasteiger partial charge >= 0.3 is 0 Å². The highest BCUT2D eigenvalue weighted by Gasteiger charge is 2.19. The summed E-state index contributed by atoms with van der Waals surface area (Å²) < 4.78 is 21.5. The van der Waals surface area contributed by atoms with Crippen LogP contribution in [-0.4, -0.2) is 40.9 Å². The molecular weight excluding hydrogens is 451 g/mol. The first-order valence-electron chi connectivity index (χ1n) is 10.8. The number of rotatable bonds is 9. The van der Waals surface area contributed by atoms with Crippen molar-refractivity contribution >= 4 is 17.7 Å². The minimum atomic E-state index is -0.354. The van der Waals surface area contributed by atoms with E-state index < -0.39 is 0 Å². The van der Waals surface area contributed by atoms with Crippen molar-refractivity contribution in [1.82, 2.24) is 20.1 Å². The van der Waals surface area contributed by atoms with E-state index in [-0.39, 0.29) is 11.7 Å². The summed E-state index contributed by atoms with van der Waals surface area (Å²) in [6, 6.07) is 21.9. The number of carbonyl (C=O) groups is 1. The van der Waals surface area contributed by atoms with E-state index in [0.717, 1.165) is 16.7 Å². The number of carbonyl (C=O) groups excluding carboxylic acids is 1. The number of methoxy groups -OCH3 is 1. The van der Waals surface area contributed by atoms with E-state index >= 15 is 0 Å². The Morgan fingerprint density at radius 3 is 2.62 bits per heavy atom. The lowest BCUT2D eigenvalue weighted by Gasteiger charge is -2.12. The lowest BCUT2D eigenvalue weighted by atomic mass is 10.1. The monoisotopic (exact) mass is 476 g/mol. The topological polar surface area (TPSA) is 69.0 Å². The Morgan fingerprint density at radius 1 is 1.06 bits per heavy atom. The van der Waals surface area contributed by atoms with Gasteiger partial charge in [0.1, 0.15) is 5.82 Å². The van der Waals surface area contributed by atoms with E-state index in [0.29, 0.717) is 41.1 Å². The number of halogens is 1. The van der Waals surface area contributed by atoms with Crippen molar-refractivity contribution in [2.75, 3.05) is 20.3 Å². The molecule has 0 atom stereocenters. The molecule has 0 saturated carbocycles. The van der Waals surface area contributed by atoms with E-state index in [4.69, 9.17) is 4.74 Å². The van der Waals surface area contributed by atoms with E-state index in [1.54, 1.807) is 35.9 Å². The fraction of sp³-hybridized carbons (Fsp3) is 0.192. The molecule has 4 aromatic rings. The number of amides is 1. The van der Waals surface area contributed by atoms with Gasteiger partial charge in [-0.3, -0.25) is 9.36 Å². The number of aryl methyl sites for hydroxylation is 1. The molecule has 0 unspecified atom stereocenters. The van der Waals surface area contributed by atoms with E-state index in [1.165, 1.54) is 17.8 Å². The number of thioether (sulfide) groups is 1. The number of para-hydroxylation sites is 1. The zero-order valence-corrected chi connectivity index (χ0v) is 19.8. The van der Waals surface area contributed by atoms with Gasteiger partial charge in [0.25, 0.3) is 5.91 Å². The molecule has 1 aromatic heterocycles. The smallest absolute Gasteiger partial charge is 0.251 e. The summed E-state index contributed by atoms with van der Waals surface area (Å²) in [4.78, 5) is 12.4. The normalized spacial score (nSPS) is 10.9. The molecule has 6 nitrogen and oxygen atoms in total. The molecule has 0 spiro atoms. The first-order chi connectivity index (χ1) is 16.6. The first-order valence-corrected chi connectivity index (χ1v) is 11.8. The Labute approximate surface area is 202 Å². The van der Waals surface area contributed by atoms with Crippen LogP contribution < -0.4 is 5.32 Å². The first kappa shape index (κ1) is 23.7. The molecule has 0 aliphatic carbocycles. The van der Waals surface area contributed by atoms with Crippen molar-refractivity contribution < 1.29 is 13.9 Å². The molecule has 8 heteroatoms. The maximum absolute atomic E-state index is 14.8. The van der Waals surface area contributed by atoms with Gasteiger partial charge in [0.05, 0.1) is 12.3 Å². The fourth-order valence-electron chi connectivity index (χ4n) is 3.42. The van der Waals surface area contributed by atoms with Gasteiger partial charge in [-0.25, -0.2) is 4.39 Å². The molecule has 3 aromatic carbocycles. The number of ether oxygens (including phenoxy) is 1. The highest BCUT2D eigenvalue weighted by atomic mass is 32.2. The van der Waals surface area contributed by atoms with Crippen LogP contribution in [-0.2, 0) is 10.5 Å². The second kappa shape index (κ2) is 11.1. The van der Waals surface area contributed by atoms with Crippen molar-refractivity contribution in [3.05, 3.63) is 95.3 Å². The second-order valence-corrected chi connectivity index (χ2v) is 8.64. The molecule has 1 N–H and O–H groups in total. The third-order valence-corrected chi connectivity index (χ3v) is 6.19. The summed E-state index contributed by atoms with van der Waals surface area (Å²) in [7, 11) is 1.59. The minimum Gasteiger partial charge on any atom is -0.383 e. The molecule has 0 fully saturated rings. The molecule has 1 heterocycles. The minimum absolute atomic E-state index is 0.153. The van der Waals surface area contributed by atoms with Gasteiger partial charge < -0.3 is 10.1 Å². The van der Waals surface area contributed by atoms with E-state index in [9.17, 15) is 9.18 Å². The zero-order valence-electron chi connectivity index (χ0n) is 19.0. The number of hydrogen-bond donors (Lipinski definition) is 1. The van der Waals surface area contributed by atoms with Crippen LogP contribution in [0.5, 0.6) is 0 Å². The zero-order chi connectivity index (χ0) is 23.9. The second-order valence-electron chi connectivity index (χ2n) is 7.70. The van der Waals surface area contributed by atoms with Crippen molar-refractivity contribution in [3.63, 3.8) is 0 Å². The predicted octanol–water partition coefficient (Wildman–Crippen LogP) is 5.05. The number of aromatic nitrogens is 3. The standard InChI is InChI=1S/C26H25FN4O2S/c1-18-10-12-20(13-11-18)24-29-30-26(31(24)23-9-4-3-8-22(23)27)34-17-19-6-5-7-21(16-19)25(32)28-14-15-33-2/h3-13,16H,14-15,17H2,1-2H3,(H,28,32). The van der Waals surface area contributed by atoms with Gasteiger partial charge in [-0.2, -0.15) is 0 Å². The van der Waals surface area contributed by atoms with Gasteiger partial charge in [-0.15, -0.1) is 10.2 Å². The molecule has 0 radical (unpaired) electrons. The van der Waals surface area contributed by atoms with Crippen molar-refractivity contribution in [1.29, 1.82) is 0 Å². The van der Waals surface area contributed by atoms with Gasteiger partial charge in [0, 0.05) is 30.5 Å². The Balaban J connectivity index is 1.61. The highest BCUT2D eigenvalue weighted by Crippen LogP contribution is 2.31. The molecule has 34 heavy (non-hydrogen) atoms. The average molecular weight is 477 g/mol. The number of nitrogens with one attached hydrogen (secondary N) is 1. The molecule has 1 amide bonds. The lowest BCUT2D eigenvalue weighted by molar-refractivity contribution is 0.0937. The largest absolute Gasteiger partial charge is 0.383 e. The lowest BCUT2D eigenvalue weighted by Crippen LogP contribution is -2.26. The van der Waals surface area contributed by atoms with Crippen LogP contribution in [0.15, 0.2) is 78.0 Å². The number of nitrogens with zero attached hydrogens (tertiary/aromatic N) is 3. The summed E-state index contributed by atoms with van der Waals surface area (Å²) in [5.41, 5.74) is 3.88. The number of benzene rings is 3. The summed E-state index contributed by atoms with van der Waals surface area (Å²) in [6.07, 6.45) is 0.